The smallest absolute Gasteiger partial charge is 0.313 e. The standard InChI is InChI=1S/C14H24O2/c1-6-14(12(4)5,13(15)16)10-8-7-9-11(2)3/h9H,4,6-8,10H2,1-3,5H3,(H,15,16). The Morgan fingerprint density at radius 3 is 2.25 bits per heavy atom. The maximum absolute atomic E-state index is 11.3. The normalized spacial score (nSPS) is 14.0. The van der Waals surface area contributed by atoms with Crippen molar-refractivity contribution in [1.82, 2.24) is 0 Å². The molecule has 0 amide bonds. The van der Waals surface area contributed by atoms with Crippen LogP contribution in [-0.2, 0) is 4.79 Å². The number of unbranched alkanes of at least 4 members (excludes halogenated alkanes) is 1. The molecule has 92 valence electrons. The third kappa shape index (κ3) is 3.84. The molecule has 0 aromatic carbocycles. The van der Waals surface area contributed by atoms with Crippen LogP contribution in [0.1, 0.15) is 53.4 Å². The lowest BCUT2D eigenvalue weighted by atomic mass is 9.75. The molecule has 0 bridgehead atoms. The monoisotopic (exact) mass is 224 g/mol. The molecule has 2 heteroatoms. The second-order valence-corrected chi connectivity index (χ2v) is 4.69. The minimum atomic E-state index is -0.736. The molecule has 0 aliphatic rings. The fourth-order valence-corrected chi connectivity index (χ4v) is 1.93. The van der Waals surface area contributed by atoms with Gasteiger partial charge in [0.25, 0.3) is 0 Å². The maximum atomic E-state index is 11.3. The minimum absolute atomic E-state index is 0.618. The number of hydrogen-bond acceptors (Lipinski definition) is 1. The van der Waals surface area contributed by atoms with Gasteiger partial charge in [-0.2, -0.15) is 0 Å². The van der Waals surface area contributed by atoms with Crippen molar-refractivity contribution in [3.05, 3.63) is 23.8 Å². The Morgan fingerprint density at radius 2 is 1.94 bits per heavy atom. The van der Waals surface area contributed by atoms with E-state index in [9.17, 15) is 9.90 Å². The largest absolute Gasteiger partial charge is 0.481 e. The van der Waals surface area contributed by atoms with Crippen LogP contribution in [0, 0.1) is 5.41 Å². The summed E-state index contributed by atoms with van der Waals surface area (Å²) in [6.45, 7) is 11.7. The second-order valence-electron chi connectivity index (χ2n) is 4.69. The van der Waals surface area contributed by atoms with Crippen molar-refractivity contribution in [2.45, 2.75) is 53.4 Å². The average molecular weight is 224 g/mol. The first kappa shape index (κ1) is 14.9. The molecular weight excluding hydrogens is 200 g/mol. The van der Waals surface area contributed by atoms with Gasteiger partial charge in [0, 0.05) is 0 Å². The van der Waals surface area contributed by atoms with E-state index in [1.165, 1.54) is 5.57 Å². The molecule has 16 heavy (non-hydrogen) atoms. The van der Waals surface area contributed by atoms with Gasteiger partial charge in [0.1, 0.15) is 0 Å². The van der Waals surface area contributed by atoms with Crippen LogP contribution in [0.2, 0.25) is 0 Å². The first-order valence-corrected chi connectivity index (χ1v) is 5.89. The number of carbonyl (C=O) groups is 1. The Kier molecular flexibility index (Phi) is 6.09. The zero-order chi connectivity index (χ0) is 12.8. The summed E-state index contributed by atoms with van der Waals surface area (Å²) in [7, 11) is 0. The molecule has 0 fully saturated rings. The van der Waals surface area contributed by atoms with Crippen LogP contribution in [0.25, 0.3) is 0 Å². The van der Waals surface area contributed by atoms with Crippen LogP contribution in [0.3, 0.4) is 0 Å². The van der Waals surface area contributed by atoms with E-state index in [-0.39, 0.29) is 0 Å². The summed E-state index contributed by atoms with van der Waals surface area (Å²) in [6.07, 6.45) is 5.30. The molecule has 1 unspecified atom stereocenters. The quantitative estimate of drug-likeness (QED) is 0.520. The lowest BCUT2D eigenvalue weighted by Crippen LogP contribution is -2.31. The second kappa shape index (κ2) is 6.51. The van der Waals surface area contributed by atoms with Crippen molar-refractivity contribution in [3.63, 3.8) is 0 Å². The minimum Gasteiger partial charge on any atom is -0.481 e. The third-order valence-corrected chi connectivity index (χ3v) is 3.19. The van der Waals surface area contributed by atoms with Crippen molar-refractivity contribution >= 4 is 5.97 Å². The first-order valence-electron chi connectivity index (χ1n) is 5.89. The maximum Gasteiger partial charge on any atom is 0.313 e. The summed E-state index contributed by atoms with van der Waals surface area (Å²) < 4.78 is 0. The zero-order valence-corrected chi connectivity index (χ0v) is 11.0. The summed E-state index contributed by atoms with van der Waals surface area (Å²) in [4.78, 5) is 11.3. The van der Waals surface area contributed by atoms with E-state index < -0.39 is 11.4 Å². The van der Waals surface area contributed by atoms with Crippen molar-refractivity contribution in [2.75, 3.05) is 0 Å². The molecule has 0 saturated carbocycles. The highest BCUT2D eigenvalue weighted by Gasteiger charge is 2.36. The summed E-state index contributed by atoms with van der Waals surface area (Å²) in [5, 5.41) is 9.33. The molecule has 0 saturated heterocycles. The number of carboxylic acid groups (broad SMARTS) is 1. The van der Waals surface area contributed by atoms with Crippen LogP contribution in [0.5, 0.6) is 0 Å². The molecular formula is C14H24O2. The molecule has 0 aliphatic heterocycles. The van der Waals surface area contributed by atoms with Gasteiger partial charge in [0.15, 0.2) is 0 Å². The Balaban J connectivity index is 4.51. The van der Waals surface area contributed by atoms with E-state index in [0.717, 1.165) is 18.4 Å². The lowest BCUT2D eigenvalue weighted by Gasteiger charge is -2.28. The zero-order valence-electron chi connectivity index (χ0n) is 11.0. The highest BCUT2D eigenvalue weighted by Crippen LogP contribution is 2.36. The van der Waals surface area contributed by atoms with Crippen molar-refractivity contribution in [2.24, 2.45) is 5.41 Å². The molecule has 1 atom stereocenters. The van der Waals surface area contributed by atoms with Crippen LogP contribution in [0.4, 0.5) is 0 Å². The molecule has 0 rings (SSSR count). The lowest BCUT2D eigenvalue weighted by molar-refractivity contribution is -0.147. The number of allylic oxidation sites excluding steroid dienone is 2. The number of aliphatic carboxylic acids is 1. The van der Waals surface area contributed by atoms with E-state index in [2.05, 4.69) is 26.5 Å². The SMILES string of the molecule is C=C(C)C(CC)(CCCC=C(C)C)C(=O)O. The van der Waals surface area contributed by atoms with Crippen molar-refractivity contribution < 1.29 is 9.90 Å². The van der Waals surface area contributed by atoms with E-state index >= 15 is 0 Å². The van der Waals surface area contributed by atoms with E-state index in [0.29, 0.717) is 12.8 Å². The fourth-order valence-electron chi connectivity index (χ4n) is 1.93. The molecule has 1 N–H and O–H groups in total. The van der Waals surface area contributed by atoms with E-state index in [1.54, 1.807) is 0 Å². The molecule has 0 radical (unpaired) electrons. The number of hydrogen-bond donors (Lipinski definition) is 1. The van der Waals surface area contributed by atoms with Gasteiger partial charge in [-0.3, -0.25) is 4.79 Å². The molecule has 0 spiro atoms. The summed E-state index contributed by atoms with van der Waals surface area (Å²) >= 11 is 0. The van der Waals surface area contributed by atoms with Gasteiger partial charge in [-0.15, -0.1) is 0 Å². The topological polar surface area (TPSA) is 37.3 Å². The molecule has 2 nitrogen and oxygen atoms in total. The molecule has 0 aromatic heterocycles. The Labute approximate surface area is 99.1 Å². The Hall–Kier alpha value is -1.05. The van der Waals surface area contributed by atoms with Gasteiger partial charge >= 0.3 is 5.97 Å². The molecule has 0 aliphatic carbocycles. The van der Waals surface area contributed by atoms with Crippen molar-refractivity contribution in [1.29, 1.82) is 0 Å². The predicted octanol–water partition coefficient (Wildman–Crippen LogP) is 4.18. The highest BCUT2D eigenvalue weighted by atomic mass is 16.4. The third-order valence-electron chi connectivity index (χ3n) is 3.19. The first-order chi connectivity index (χ1) is 7.36. The van der Waals surface area contributed by atoms with E-state index in [4.69, 9.17) is 0 Å². The van der Waals surface area contributed by atoms with Gasteiger partial charge in [-0.05, 0) is 46.5 Å². The summed E-state index contributed by atoms with van der Waals surface area (Å²) in [6, 6.07) is 0. The van der Waals surface area contributed by atoms with Gasteiger partial charge in [-0.1, -0.05) is 30.7 Å². The van der Waals surface area contributed by atoms with Gasteiger partial charge in [0.05, 0.1) is 5.41 Å². The fraction of sp³-hybridized carbons (Fsp3) is 0.643. The highest BCUT2D eigenvalue weighted by molar-refractivity contribution is 5.78. The van der Waals surface area contributed by atoms with Crippen molar-refractivity contribution in [3.8, 4) is 0 Å². The Morgan fingerprint density at radius 1 is 1.38 bits per heavy atom. The summed E-state index contributed by atoms with van der Waals surface area (Å²) in [5.41, 5.74) is 1.32. The van der Waals surface area contributed by atoms with Crippen LogP contribution >= 0.6 is 0 Å². The predicted molar refractivity (Wildman–Crippen MR) is 68.5 cm³/mol. The average Bonchev–Trinajstić information content (AvgIpc) is 2.16. The van der Waals surface area contributed by atoms with Crippen LogP contribution in [0.15, 0.2) is 23.8 Å². The Bertz CT molecular complexity index is 269. The van der Waals surface area contributed by atoms with Gasteiger partial charge < -0.3 is 5.11 Å². The van der Waals surface area contributed by atoms with Crippen LogP contribution in [-0.4, -0.2) is 11.1 Å². The van der Waals surface area contributed by atoms with Gasteiger partial charge in [0.2, 0.25) is 0 Å². The van der Waals surface area contributed by atoms with E-state index in [1.807, 2.05) is 13.8 Å². The van der Waals surface area contributed by atoms with Crippen LogP contribution < -0.4 is 0 Å². The number of carboxylic acids is 1. The molecule has 0 aromatic rings. The molecule has 0 heterocycles. The number of rotatable bonds is 7. The van der Waals surface area contributed by atoms with Gasteiger partial charge in [-0.25, -0.2) is 0 Å². The summed E-state index contributed by atoms with van der Waals surface area (Å²) in [5.74, 6) is -0.736.